The van der Waals surface area contributed by atoms with Gasteiger partial charge in [0.25, 0.3) is 0 Å². The minimum atomic E-state index is -0.582. The summed E-state index contributed by atoms with van der Waals surface area (Å²) in [7, 11) is 0. The van der Waals surface area contributed by atoms with Crippen molar-refractivity contribution in [2.75, 3.05) is 5.32 Å². The molecule has 4 heteroatoms. The molecule has 0 saturated carbocycles. The quantitative estimate of drug-likeness (QED) is 0.751. The highest BCUT2D eigenvalue weighted by Crippen LogP contribution is 2.24. The van der Waals surface area contributed by atoms with Crippen molar-refractivity contribution in [3.63, 3.8) is 0 Å². The van der Waals surface area contributed by atoms with Crippen LogP contribution in [0.2, 0.25) is 0 Å². The van der Waals surface area contributed by atoms with Crippen LogP contribution in [0, 0.1) is 6.92 Å². The number of anilines is 1. The van der Waals surface area contributed by atoms with E-state index in [1.165, 1.54) is 0 Å². The Balaban J connectivity index is 1.69. The zero-order valence-electron chi connectivity index (χ0n) is 14.1. The number of aryl methyl sites for hydroxylation is 1. The summed E-state index contributed by atoms with van der Waals surface area (Å²) in [4.78, 5) is 16.4. The molecule has 1 aromatic heterocycles. The maximum absolute atomic E-state index is 12.4. The molecule has 2 aromatic carbocycles. The third-order valence-electron chi connectivity index (χ3n) is 4.13. The molecule has 0 aliphatic carbocycles. The minimum Gasteiger partial charge on any atom is -0.324 e. The van der Waals surface area contributed by atoms with Gasteiger partial charge in [-0.05, 0) is 59.9 Å². The third-order valence-corrected chi connectivity index (χ3v) is 4.13. The van der Waals surface area contributed by atoms with Crippen molar-refractivity contribution >= 4 is 11.6 Å². The lowest BCUT2D eigenvalue weighted by atomic mass is 10.0. The summed E-state index contributed by atoms with van der Waals surface area (Å²) in [5.41, 5.74) is 11.1. The third kappa shape index (κ3) is 4.31. The number of pyridine rings is 1. The first kappa shape index (κ1) is 16.9. The summed E-state index contributed by atoms with van der Waals surface area (Å²) >= 11 is 0. The van der Waals surface area contributed by atoms with Crippen LogP contribution in [0.3, 0.4) is 0 Å². The molecule has 0 unspecified atom stereocenters. The Morgan fingerprint density at radius 1 is 1.04 bits per heavy atom. The van der Waals surface area contributed by atoms with Crippen LogP contribution in [0.25, 0.3) is 11.1 Å². The van der Waals surface area contributed by atoms with Gasteiger partial charge in [0.2, 0.25) is 5.91 Å². The molecule has 25 heavy (non-hydrogen) atoms. The lowest BCUT2D eigenvalue weighted by Crippen LogP contribution is -2.37. The Kier molecular flexibility index (Phi) is 5.21. The van der Waals surface area contributed by atoms with Gasteiger partial charge in [-0.1, -0.05) is 36.4 Å². The molecule has 1 atom stereocenters. The van der Waals surface area contributed by atoms with Crippen molar-refractivity contribution in [2.45, 2.75) is 19.4 Å². The van der Waals surface area contributed by atoms with Crippen LogP contribution in [0.15, 0.2) is 73.1 Å². The maximum Gasteiger partial charge on any atom is 0.241 e. The summed E-state index contributed by atoms with van der Waals surface area (Å²) < 4.78 is 0. The molecule has 0 radical (unpaired) electrons. The summed E-state index contributed by atoms with van der Waals surface area (Å²) in [5, 5.41) is 2.93. The molecule has 3 N–H and O–H groups in total. The first-order valence-corrected chi connectivity index (χ1v) is 8.25. The Labute approximate surface area is 147 Å². The van der Waals surface area contributed by atoms with Gasteiger partial charge in [0.1, 0.15) is 0 Å². The van der Waals surface area contributed by atoms with Crippen molar-refractivity contribution in [1.29, 1.82) is 0 Å². The van der Waals surface area contributed by atoms with E-state index in [1.807, 2.05) is 67.6 Å². The van der Waals surface area contributed by atoms with E-state index >= 15 is 0 Å². The van der Waals surface area contributed by atoms with Gasteiger partial charge >= 0.3 is 0 Å². The summed E-state index contributed by atoms with van der Waals surface area (Å²) in [6, 6.07) is 19.1. The van der Waals surface area contributed by atoms with E-state index in [-0.39, 0.29) is 5.91 Å². The number of nitrogens with two attached hydrogens (primary N) is 1. The molecular formula is C21H21N3O. The Hall–Kier alpha value is -2.98. The minimum absolute atomic E-state index is 0.177. The van der Waals surface area contributed by atoms with Crippen molar-refractivity contribution in [3.05, 3.63) is 84.2 Å². The number of carbonyl (C=O) groups is 1. The maximum atomic E-state index is 12.4. The number of benzene rings is 2. The summed E-state index contributed by atoms with van der Waals surface area (Å²) in [6.45, 7) is 1.98. The van der Waals surface area contributed by atoms with E-state index in [2.05, 4.69) is 10.3 Å². The summed E-state index contributed by atoms with van der Waals surface area (Å²) in [5.74, 6) is -0.177. The molecule has 0 aliphatic rings. The van der Waals surface area contributed by atoms with Gasteiger partial charge in [0, 0.05) is 18.1 Å². The highest BCUT2D eigenvalue weighted by atomic mass is 16.2. The number of nitrogens with zero attached hydrogens (tertiary/aromatic N) is 1. The second-order valence-corrected chi connectivity index (χ2v) is 6.05. The van der Waals surface area contributed by atoms with E-state index in [9.17, 15) is 4.79 Å². The van der Waals surface area contributed by atoms with Crippen LogP contribution < -0.4 is 11.1 Å². The van der Waals surface area contributed by atoms with Crippen LogP contribution in [0.1, 0.15) is 11.1 Å². The van der Waals surface area contributed by atoms with Crippen molar-refractivity contribution < 1.29 is 4.79 Å². The van der Waals surface area contributed by atoms with Crippen LogP contribution in [0.5, 0.6) is 0 Å². The number of hydrogen-bond donors (Lipinski definition) is 2. The molecule has 0 bridgehead atoms. The molecule has 0 fully saturated rings. The Morgan fingerprint density at radius 3 is 2.44 bits per heavy atom. The predicted octanol–water partition coefficient (Wildman–Crippen LogP) is 3.57. The highest BCUT2D eigenvalue weighted by molar-refractivity contribution is 5.95. The van der Waals surface area contributed by atoms with Crippen molar-refractivity contribution in [2.24, 2.45) is 5.73 Å². The predicted molar refractivity (Wildman–Crippen MR) is 101 cm³/mol. The van der Waals surface area contributed by atoms with Crippen LogP contribution in [0.4, 0.5) is 5.69 Å². The fourth-order valence-corrected chi connectivity index (χ4v) is 2.71. The number of hydrogen-bond acceptors (Lipinski definition) is 3. The number of aromatic nitrogens is 1. The van der Waals surface area contributed by atoms with Gasteiger partial charge in [-0.3, -0.25) is 9.78 Å². The lowest BCUT2D eigenvalue weighted by Gasteiger charge is -2.15. The largest absolute Gasteiger partial charge is 0.324 e. The average Bonchev–Trinajstić information content (AvgIpc) is 2.65. The molecule has 0 spiro atoms. The molecule has 3 aromatic rings. The monoisotopic (exact) mass is 331 g/mol. The lowest BCUT2D eigenvalue weighted by molar-refractivity contribution is -0.117. The number of carbonyl (C=O) groups excluding carboxylic acids is 1. The highest BCUT2D eigenvalue weighted by Gasteiger charge is 2.15. The molecule has 4 nitrogen and oxygen atoms in total. The van der Waals surface area contributed by atoms with Gasteiger partial charge in [-0.25, -0.2) is 0 Å². The Bertz CT molecular complexity index is 848. The van der Waals surface area contributed by atoms with E-state index in [0.717, 1.165) is 27.9 Å². The van der Waals surface area contributed by atoms with Gasteiger partial charge in [0.05, 0.1) is 6.04 Å². The van der Waals surface area contributed by atoms with Gasteiger partial charge in [0.15, 0.2) is 0 Å². The van der Waals surface area contributed by atoms with E-state index < -0.39 is 6.04 Å². The Morgan fingerprint density at radius 2 is 1.76 bits per heavy atom. The topological polar surface area (TPSA) is 68.0 Å². The van der Waals surface area contributed by atoms with Crippen LogP contribution >= 0.6 is 0 Å². The molecule has 1 heterocycles. The standard InChI is InChI=1S/C21H21N3O/c1-15-13-18(17-9-11-23-12-10-17)7-8-20(15)24-21(25)19(22)14-16-5-3-2-4-6-16/h2-13,19H,14,22H2,1H3,(H,24,25)/t19-/m1/s1. The van der Waals surface area contributed by atoms with Crippen LogP contribution in [-0.4, -0.2) is 16.9 Å². The number of amides is 1. The smallest absolute Gasteiger partial charge is 0.241 e. The second-order valence-electron chi connectivity index (χ2n) is 6.05. The summed E-state index contributed by atoms with van der Waals surface area (Å²) in [6.07, 6.45) is 4.05. The normalized spacial score (nSPS) is 11.8. The van der Waals surface area contributed by atoms with E-state index in [4.69, 9.17) is 5.73 Å². The first-order valence-electron chi connectivity index (χ1n) is 8.25. The fourth-order valence-electron chi connectivity index (χ4n) is 2.71. The van der Waals surface area contributed by atoms with Gasteiger partial charge < -0.3 is 11.1 Å². The van der Waals surface area contributed by atoms with Crippen molar-refractivity contribution in [1.82, 2.24) is 4.98 Å². The average molecular weight is 331 g/mol. The molecule has 0 saturated heterocycles. The molecule has 3 rings (SSSR count). The van der Waals surface area contributed by atoms with Gasteiger partial charge in [-0.2, -0.15) is 0 Å². The van der Waals surface area contributed by atoms with Crippen molar-refractivity contribution in [3.8, 4) is 11.1 Å². The molecule has 126 valence electrons. The number of rotatable bonds is 5. The SMILES string of the molecule is Cc1cc(-c2ccncc2)ccc1NC(=O)[C@H](N)Cc1ccccc1. The fraction of sp³-hybridized carbons (Fsp3) is 0.143. The van der Waals surface area contributed by atoms with E-state index in [1.54, 1.807) is 12.4 Å². The first-order chi connectivity index (χ1) is 12.1. The zero-order valence-corrected chi connectivity index (χ0v) is 14.1. The van der Waals surface area contributed by atoms with Gasteiger partial charge in [-0.15, -0.1) is 0 Å². The second kappa shape index (κ2) is 7.73. The van der Waals surface area contributed by atoms with Crippen LogP contribution in [-0.2, 0) is 11.2 Å². The molecule has 1 amide bonds. The zero-order chi connectivity index (χ0) is 17.6. The molecule has 0 aliphatic heterocycles. The number of nitrogens with one attached hydrogen (secondary N) is 1. The molecular weight excluding hydrogens is 310 g/mol. The van der Waals surface area contributed by atoms with E-state index in [0.29, 0.717) is 6.42 Å².